The van der Waals surface area contributed by atoms with Crippen molar-refractivity contribution in [2.24, 2.45) is 7.05 Å². The normalized spacial score (nSPS) is 15.4. The van der Waals surface area contributed by atoms with Gasteiger partial charge < -0.3 is 10.2 Å². The van der Waals surface area contributed by atoms with Crippen LogP contribution in [-0.2, 0) is 7.05 Å². The molecule has 0 unspecified atom stereocenters. The number of benzene rings is 1. The molecule has 1 aromatic carbocycles. The van der Waals surface area contributed by atoms with Crippen molar-refractivity contribution >= 4 is 11.4 Å². The van der Waals surface area contributed by atoms with E-state index in [-0.39, 0.29) is 0 Å². The van der Waals surface area contributed by atoms with E-state index >= 15 is 0 Å². The number of piperidine rings is 1. The summed E-state index contributed by atoms with van der Waals surface area (Å²) >= 11 is 0. The summed E-state index contributed by atoms with van der Waals surface area (Å²) in [6.07, 6.45) is 6.04. The van der Waals surface area contributed by atoms with Crippen LogP contribution in [-0.4, -0.2) is 38.7 Å². The van der Waals surface area contributed by atoms with Crippen LogP contribution in [0.1, 0.15) is 24.2 Å². The Hall–Kier alpha value is -2.76. The number of aromatic nitrogens is 4. The molecule has 26 heavy (non-hydrogen) atoms. The highest BCUT2D eigenvalue weighted by atomic mass is 15.3. The second-order valence-corrected chi connectivity index (χ2v) is 7.05. The zero-order chi connectivity index (χ0) is 18.1. The fourth-order valence-corrected chi connectivity index (χ4v) is 3.72. The molecule has 0 amide bonds. The molecule has 1 aliphatic rings. The number of rotatable bonds is 4. The summed E-state index contributed by atoms with van der Waals surface area (Å²) in [4.78, 5) is 2.47. The predicted octanol–water partition coefficient (Wildman–Crippen LogP) is 3.30. The highest BCUT2D eigenvalue weighted by molar-refractivity contribution is 5.55. The monoisotopic (exact) mass is 350 g/mol. The molecule has 0 atom stereocenters. The maximum absolute atomic E-state index is 4.51. The SMILES string of the molecule is Cc1nn(C)c(C)c1NC1CCN(c2cccc(-n3cccn3)c2)CC1. The summed E-state index contributed by atoms with van der Waals surface area (Å²) in [7, 11) is 2.00. The quantitative estimate of drug-likeness (QED) is 0.784. The van der Waals surface area contributed by atoms with Gasteiger partial charge in [0.05, 0.1) is 22.8 Å². The molecule has 3 aromatic rings. The Morgan fingerprint density at radius 3 is 2.50 bits per heavy atom. The summed E-state index contributed by atoms with van der Waals surface area (Å²) in [5, 5.41) is 12.6. The average Bonchev–Trinajstić information content (AvgIpc) is 3.28. The summed E-state index contributed by atoms with van der Waals surface area (Å²) in [6.45, 7) is 6.31. The second kappa shape index (κ2) is 6.86. The number of aryl methyl sites for hydroxylation is 2. The molecular weight excluding hydrogens is 324 g/mol. The maximum atomic E-state index is 4.51. The van der Waals surface area contributed by atoms with Gasteiger partial charge >= 0.3 is 0 Å². The Bertz CT molecular complexity index is 872. The van der Waals surface area contributed by atoms with Crippen molar-refractivity contribution in [3.8, 4) is 5.69 Å². The van der Waals surface area contributed by atoms with Gasteiger partial charge in [0.15, 0.2) is 0 Å². The van der Waals surface area contributed by atoms with Crippen molar-refractivity contribution in [2.75, 3.05) is 23.3 Å². The van der Waals surface area contributed by atoms with Gasteiger partial charge in [-0.1, -0.05) is 6.07 Å². The molecule has 1 N–H and O–H groups in total. The van der Waals surface area contributed by atoms with Crippen molar-refractivity contribution in [2.45, 2.75) is 32.7 Å². The van der Waals surface area contributed by atoms with Gasteiger partial charge in [-0.15, -0.1) is 0 Å². The van der Waals surface area contributed by atoms with E-state index in [9.17, 15) is 0 Å². The average molecular weight is 350 g/mol. The minimum atomic E-state index is 0.502. The molecule has 0 radical (unpaired) electrons. The molecule has 0 spiro atoms. The van der Waals surface area contributed by atoms with Gasteiger partial charge in [-0.25, -0.2) is 4.68 Å². The second-order valence-electron chi connectivity index (χ2n) is 7.05. The minimum Gasteiger partial charge on any atom is -0.379 e. The lowest BCUT2D eigenvalue weighted by molar-refractivity contribution is 0.526. The van der Waals surface area contributed by atoms with Gasteiger partial charge in [0, 0.05) is 44.3 Å². The number of hydrogen-bond donors (Lipinski definition) is 1. The zero-order valence-electron chi connectivity index (χ0n) is 15.7. The molecule has 1 saturated heterocycles. The Balaban J connectivity index is 1.42. The smallest absolute Gasteiger partial charge is 0.0827 e. The molecule has 1 aliphatic heterocycles. The van der Waals surface area contributed by atoms with Crippen LogP contribution in [0.2, 0.25) is 0 Å². The van der Waals surface area contributed by atoms with Crippen LogP contribution in [0.3, 0.4) is 0 Å². The third-order valence-corrected chi connectivity index (χ3v) is 5.32. The summed E-state index contributed by atoms with van der Waals surface area (Å²) in [6, 6.07) is 11.1. The van der Waals surface area contributed by atoms with Gasteiger partial charge in [-0.05, 0) is 51.0 Å². The summed E-state index contributed by atoms with van der Waals surface area (Å²) in [5.41, 5.74) is 5.86. The molecule has 2 aromatic heterocycles. The first-order valence-electron chi connectivity index (χ1n) is 9.23. The van der Waals surface area contributed by atoms with E-state index in [2.05, 4.69) is 58.5 Å². The molecule has 136 valence electrons. The summed E-state index contributed by atoms with van der Waals surface area (Å²) in [5.74, 6) is 0. The largest absolute Gasteiger partial charge is 0.379 e. The maximum Gasteiger partial charge on any atom is 0.0827 e. The van der Waals surface area contributed by atoms with Crippen LogP contribution in [0, 0.1) is 13.8 Å². The van der Waals surface area contributed by atoms with Gasteiger partial charge in [0.25, 0.3) is 0 Å². The van der Waals surface area contributed by atoms with Gasteiger partial charge in [-0.3, -0.25) is 4.68 Å². The van der Waals surface area contributed by atoms with Crippen LogP contribution < -0.4 is 10.2 Å². The van der Waals surface area contributed by atoms with Crippen molar-refractivity contribution < 1.29 is 0 Å². The van der Waals surface area contributed by atoms with Crippen molar-refractivity contribution in [3.05, 3.63) is 54.1 Å². The van der Waals surface area contributed by atoms with Gasteiger partial charge in [0.1, 0.15) is 0 Å². The first kappa shape index (κ1) is 16.7. The molecule has 3 heterocycles. The third kappa shape index (κ3) is 3.19. The Kier molecular flexibility index (Phi) is 4.41. The first-order valence-corrected chi connectivity index (χ1v) is 9.23. The van der Waals surface area contributed by atoms with Crippen LogP contribution in [0.5, 0.6) is 0 Å². The van der Waals surface area contributed by atoms with E-state index < -0.39 is 0 Å². The number of hydrogen-bond acceptors (Lipinski definition) is 4. The van der Waals surface area contributed by atoms with E-state index in [1.165, 1.54) is 17.1 Å². The molecule has 4 rings (SSSR count). The highest BCUT2D eigenvalue weighted by Gasteiger charge is 2.21. The van der Waals surface area contributed by atoms with Crippen LogP contribution >= 0.6 is 0 Å². The molecular formula is C20H26N6. The summed E-state index contributed by atoms with van der Waals surface area (Å²) < 4.78 is 3.86. The lowest BCUT2D eigenvalue weighted by Crippen LogP contribution is -2.39. The van der Waals surface area contributed by atoms with Crippen molar-refractivity contribution in [1.82, 2.24) is 19.6 Å². The fraction of sp³-hybridized carbons (Fsp3) is 0.400. The van der Waals surface area contributed by atoms with E-state index in [4.69, 9.17) is 0 Å². The highest BCUT2D eigenvalue weighted by Crippen LogP contribution is 2.26. The zero-order valence-corrected chi connectivity index (χ0v) is 15.7. The lowest BCUT2D eigenvalue weighted by Gasteiger charge is -2.34. The van der Waals surface area contributed by atoms with E-state index in [1.54, 1.807) is 0 Å². The third-order valence-electron chi connectivity index (χ3n) is 5.32. The van der Waals surface area contributed by atoms with Crippen molar-refractivity contribution in [3.63, 3.8) is 0 Å². The van der Waals surface area contributed by atoms with E-state index in [0.29, 0.717) is 6.04 Å². The fourth-order valence-electron chi connectivity index (χ4n) is 3.72. The van der Waals surface area contributed by atoms with Gasteiger partial charge in [0.2, 0.25) is 0 Å². The topological polar surface area (TPSA) is 50.9 Å². The molecule has 0 aliphatic carbocycles. The Morgan fingerprint density at radius 2 is 1.85 bits per heavy atom. The Morgan fingerprint density at radius 1 is 1.08 bits per heavy atom. The number of nitrogens with one attached hydrogen (secondary N) is 1. The predicted molar refractivity (Wildman–Crippen MR) is 105 cm³/mol. The molecule has 6 heteroatoms. The standard InChI is InChI=1S/C20H26N6/c1-15-20(16(2)24(3)23-15)22-17-8-12-25(13-9-17)18-6-4-7-19(14-18)26-11-5-10-21-26/h4-7,10-11,14,17,22H,8-9,12-13H2,1-3H3. The molecule has 1 fully saturated rings. The van der Waals surface area contributed by atoms with Crippen LogP contribution in [0.15, 0.2) is 42.7 Å². The first-order chi connectivity index (χ1) is 12.6. The van der Waals surface area contributed by atoms with Crippen LogP contribution in [0.4, 0.5) is 11.4 Å². The van der Waals surface area contributed by atoms with E-state index in [1.807, 2.05) is 34.9 Å². The molecule has 0 saturated carbocycles. The lowest BCUT2D eigenvalue weighted by atomic mass is 10.0. The minimum absolute atomic E-state index is 0.502. The molecule has 6 nitrogen and oxygen atoms in total. The van der Waals surface area contributed by atoms with E-state index in [0.717, 1.165) is 37.3 Å². The van der Waals surface area contributed by atoms with Crippen molar-refractivity contribution in [1.29, 1.82) is 0 Å². The number of nitrogens with zero attached hydrogens (tertiary/aromatic N) is 5. The molecule has 0 bridgehead atoms. The van der Waals surface area contributed by atoms with Gasteiger partial charge in [-0.2, -0.15) is 10.2 Å². The number of anilines is 2. The van der Waals surface area contributed by atoms with Crippen LogP contribution in [0.25, 0.3) is 5.69 Å². The Labute approximate surface area is 154 Å².